The number of halogens is 2. The number of nitrogens with zero attached hydrogens (tertiary/aromatic N) is 2. The van der Waals surface area contributed by atoms with E-state index in [4.69, 9.17) is 11.6 Å². The minimum absolute atomic E-state index is 0.1000. The summed E-state index contributed by atoms with van der Waals surface area (Å²) in [4.78, 5) is 11.4. The van der Waals surface area contributed by atoms with E-state index in [1.807, 2.05) is 18.2 Å². The third kappa shape index (κ3) is 2.30. The first-order valence-electron chi connectivity index (χ1n) is 6.10. The molecule has 0 saturated carbocycles. The topological polar surface area (TPSA) is 41.6 Å². The maximum Gasteiger partial charge on any atom is 0.146 e. The minimum atomic E-state index is -0.431. The number of aromatic amines is 1. The van der Waals surface area contributed by atoms with E-state index in [-0.39, 0.29) is 10.9 Å². The number of aromatic nitrogens is 3. The highest BCUT2D eigenvalue weighted by molar-refractivity contribution is 6.30. The molecule has 1 unspecified atom stereocenters. The average Bonchev–Trinajstić information content (AvgIpc) is 2.99. The van der Waals surface area contributed by atoms with Gasteiger partial charge in [0, 0.05) is 23.7 Å². The Hall–Kier alpha value is -2.20. The van der Waals surface area contributed by atoms with E-state index in [9.17, 15) is 4.39 Å². The molecule has 0 radical (unpaired) electrons. The van der Waals surface area contributed by atoms with E-state index in [1.54, 1.807) is 30.9 Å². The molecule has 3 aromatic rings. The van der Waals surface area contributed by atoms with Crippen LogP contribution in [-0.2, 0) is 0 Å². The number of pyridine rings is 1. The summed E-state index contributed by atoms with van der Waals surface area (Å²) < 4.78 is 14.3. The van der Waals surface area contributed by atoms with Crippen molar-refractivity contribution in [3.05, 3.63) is 82.9 Å². The Morgan fingerprint density at radius 3 is 2.75 bits per heavy atom. The van der Waals surface area contributed by atoms with Crippen molar-refractivity contribution in [2.75, 3.05) is 0 Å². The molecule has 0 aliphatic heterocycles. The van der Waals surface area contributed by atoms with E-state index in [2.05, 4.69) is 15.0 Å². The van der Waals surface area contributed by atoms with Gasteiger partial charge in [-0.2, -0.15) is 0 Å². The second kappa shape index (κ2) is 5.43. The first-order valence-corrected chi connectivity index (χ1v) is 6.48. The maximum absolute atomic E-state index is 14.3. The normalized spacial score (nSPS) is 12.3. The van der Waals surface area contributed by atoms with Gasteiger partial charge in [-0.05, 0) is 18.2 Å². The third-order valence-corrected chi connectivity index (χ3v) is 3.40. The second-order valence-corrected chi connectivity index (χ2v) is 4.74. The predicted molar refractivity (Wildman–Crippen MR) is 75.2 cm³/mol. The number of H-pyrrole nitrogens is 1. The van der Waals surface area contributed by atoms with Crippen LogP contribution in [0, 0.1) is 5.82 Å². The van der Waals surface area contributed by atoms with Gasteiger partial charge in [-0.1, -0.05) is 29.8 Å². The number of hydrogen-bond acceptors (Lipinski definition) is 2. The summed E-state index contributed by atoms with van der Waals surface area (Å²) in [6, 6.07) is 10.5. The van der Waals surface area contributed by atoms with Crippen LogP contribution in [0.3, 0.4) is 0 Å². The molecular formula is C15H11ClFN3. The summed E-state index contributed by atoms with van der Waals surface area (Å²) in [6.45, 7) is 0. The van der Waals surface area contributed by atoms with Gasteiger partial charge >= 0.3 is 0 Å². The SMILES string of the molecule is Fc1c(Cl)cccc1C(c1ccccn1)c1cnc[nH]1. The lowest BCUT2D eigenvalue weighted by atomic mass is 9.92. The smallest absolute Gasteiger partial charge is 0.146 e. The molecule has 100 valence electrons. The molecule has 1 aromatic carbocycles. The molecule has 0 aliphatic rings. The highest BCUT2D eigenvalue weighted by Gasteiger charge is 2.23. The Bertz CT molecular complexity index is 698. The van der Waals surface area contributed by atoms with Crippen molar-refractivity contribution in [3.8, 4) is 0 Å². The van der Waals surface area contributed by atoms with Crippen LogP contribution in [0.2, 0.25) is 5.02 Å². The lowest BCUT2D eigenvalue weighted by Crippen LogP contribution is -2.08. The molecule has 3 nitrogen and oxygen atoms in total. The van der Waals surface area contributed by atoms with Crippen molar-refractivity contribution in [2.45, 2.75) is 5.92 Å². The Morgan fingerprint density at radius 1 is 1.15 bits per heavy atom. The maximum atomic E-state index is 14.3. The molecular weight excluding hydrogens is 277 g/mol. The molecule has 0 spiro atoms. The van der Waals surface area contributed by atoms with Crippen LogP contribution in [0.4, 0.5) is 4.39 Å². The van der Waals surface area contributed by atoms with Crippen molar-refractivity contribution in [3.63, 3.8) is 0 Å². The lowest BCUT2D eigenvalue weighted by Gasteiger charge is -2.16. The number of nitrogens with one attached hydrogen (secondary N) is 1. The summed E-state index contributed by atoms with van der Waals surface area (Å²) in [5, 5.41) is 0.1000. The van der Waals surface area contributed by atoms with Gasteiger partial charge in [0.1, 0.15) is 5.82 Å². The Balaban J connectivity index is 2.19. The molecule has 0 fully saturated rings. The summed E-state index contributed by atoms with van der Waals surface area (Å²) in [5.41, 5.74) is 1.98. The van der Waals surface area contributed by atoms with E-state index >= 15 is 0 Å². The zero-order valence-corrected chi connectivity index (χ0v) is 11.2. The highest BCUT2D eigenvalue weighted by atomic mass is 35.5. The lowest BCUT2D eigenvalue weighted by molar-refractivity contribution is 0.604. The van der Waals surface area contributed by atoms with Crippen molar-refractivity contribution in [1.29, 1.82) is 0 Å². The first-order chi connectivity index (χ1) is 9.77. The zero-order chi connectivity index (χ0) is 13.9. The van der Waals surface area contributed by atoms with Crippen LogP contribution in [-0.4, -0.2) is 15.0 Å². The highest BCUT2D eigenvalue weighted by Crippen LogP contribution is 2.33. The first kappa shape index (κ1) is 12.8. The second-order valence-electron chi connectivity index (χ2n) is 4.34. The monoisotopic (exact) mass is 287 g/mol. The molecule has 0 amide bonds. The Kier molecular flexibility index (Phi) is 3.48. The Morgan fingerprint density at radius 2 is 2.05 bits per heavy atom. The summed E-state index contributed by atoms with van der Waals surface area (Å²) in [5.74, 6) is -0.795. The summed E-state index contributed by atoms with van der Waals surface area (Å²) in [6.07, 6.45) is 4.91. The van der Waals surface area contributed by atoms with Gasteiger partial charge < -0.3 is 4.98 Å². The van der Waals surface area contributed by atoms with Gasteiger partial charge in [0.05, 0.1) is 23.0 Å². The molecule has 2 heterocycles. The molecule has 5 heteroatoms. The summed E-state index contributed by atoms with van der Waals surface area (Å²) >= 11 is 5.89. The van der Waals surface area contributed by atoms with E-state index in [0.717, 1.165) is 11.4 Å². The van der Waals surface area contributed by atoms with Gasteiger partial charge in [-0.3, -0.25) is 4.98 Å². The van der Waals surface area contributed by atoms with Crippen molar-refractivity contribution in [1.82, 2.24) is 15.0 Å². The van der Waals surface area contributed by atoms with Crippen molar-refractivity contribution >= 4 is 11.6 Å². The van der Waals surface area contributed by atoms with Crippen LogP contribution < -0.4 is 0 Å². The molecule has 0 bridgehead atoms. The fourth-order valence-corrected chi connectivity index (χ4v) is 2.38. The van der Waals surface area contributed by atoms with Gasteiger partial charge in [-0.15, -0.1) is 0 Å². The van der Waals surface area contributed by atoms with E-state index in [1.165, 1.54) is 6.07 Å². The molecule has 1 N–H and O–H groups in total. The average molecular weight is 288 g/mol. The van der Waals surface area contributed by atoms with Crippen LogP contribution >= 0.6 is 11.6 Å². The third-order valence-electron chi connectivity index (χ3n) is 3.11. The fourth-order valence-electron chi connectivity index (χ4n) is 2.20. The number of rotatable bonds is 3. The van der Waals surface area contributed by atoms with Crippen LogP contribution in [0.25, 0.3) is 0 Å². The van der Waals surface area contributed by atoms with Gasteiger partial charge in [0.15, 0.2) is 0 Å². The molecule has 1 atom stereocenters. The van der Waals surface area contributed by atoms with E-state index < -0.39 is 5.82 Å². The summed E-state index contributed by atoms with van der Waals surface area (Å²) in [7, 11) is 0. The molecule has 0 saturated heterocycles. The number of imidazole rings is 1. The van der Waals surface area contributed by atoms with Crippen molar-refractivity contribution in [2.24, 2.45) is 0 Å². The quantitative estimate of drug-likeness (QED) is 0.796. The van der Waals surface area contributed by atoms with Crippen molar-refractivity contribution < 1.29 is 4.39 Å². The molecule has 3 rings (SSSR count). The van der Waals surface area contributed by atoms with Gasteiger partial charge in [-0.25, -0.2) is 9.37 Å². The predicted octanol–water partition coefficient (Wildman–Crippen LogP) is 3.78. The molecule has 2 aromatic heterocycles. The Labute approximate surface area is 120 Å². The molecule has 20 heavy (non-hydrogen) atoms. The van der Waals surface area contributed by atoms with E-state index in [0.29, 0.717) is 5.56 Å². The van der Waals surface area contributed by atoms with Gasteiger partial charge in [0.2, 0.25) is 0 Å². The number of benzene rings is 1. The van der Waals surface area contributed by atoms with Crippen LogP contribution in [0.1, 0.15) is 22.9 Å². The van der Waals surface area contributed by atoms with Crippen LogP contribution in [0.15, 0.2) is 55.1 Å². The zero-order valence-electron chi connectivity index (χ0n) is 10.4. The van der Waals surface area contributed by atoms with Gasteiger partial charge in [0.25, 0.3) is 0 Å². The number of hydrogen-bond donors (Lipinski definition) is 1. The molecule has 0 aliphatic carbocycles. The van der Waals surface area contributed by atoms with Crippen LogP contribution in [0.5, 0.6) is 0 Å². The fraction of sp³-hybridized carbons (Fsp3) is 0.0667. The largest absolute Gasteiger partial charge is 0.348 e. The standard InChI is InChI=1S/C15H11ClFN3/c16-11-5-3-4-10(15(11)17)14(13-8-18-9-20-13)12-6-1-2-7-19-12/h1-9,14H,(H,18,20). The minimum Gasteiger partial charge on any atom is -0.348 e.